The first-order valence-corrected chi connectivity index (χ1v) is 5.14. The average Bonchev–Trinajstić information content (AvgIpc) is 2.75. The normalized spacial score (nSPS) is 22.1. The summed E-state index contributed by atoms with van der Waals surface area (Å²) in [5.74, 6) is 0.512. The van der Waals surface area contributed by atoms with Gasteiger partial charge in [-0.25, -0.2) is 0 Å². The molecule has 1 atom stereocenters. The van der Waals surface area contributed by atoms with E-state index in [2.05, 4.69) is 5.16 Å². The van der Waals surface area contributed by atoms with Gasteiger partial charge in [0.25, 0.3) is 0 Å². The van der Waals surface area contributed by atoms with Crippen molar-refractivity contribution in [1.82, 2.24) is 0 Å². The molecular formula is C8H8ClNOS. The van der Waals surface area contributed by atoms with Crippen LogP contribution in [0.15, 0.2) is 22.7 Å². The molecule has 0 N–H and O–H groups in total. The van der Waals surface area contributed by atoms with E-state index < -0.39 is 0 Å². The van der Waals surface area contributed by atoms with Gasteiger partial charge in [-0.2, -0.15) is 0 Å². The van der Waals surface area contributed by atoms with E-state index in [0.29, 0.717) is 5.88 Å². The molecule has 0 unspecified atom stereocenters. The van der Waals surface area contributed by atoms with E-state index >= 15 is 0 Å². The lowest BCUT2D eigenvalue weighted by Gasteiger charge is -1.99. The highest BCUT2D eigenvalue weighted by Crippen LogP contribution is 2.20. The summed E-state index contributed by atoms with van der Waals surface area (Å²) in [5, 5.41) is 6.01. The molecule has 0 fully saturated rings. The van der Waals surface area contributed by atoms with Gasteiger partial charge in [0.1, 0.15) is 11.8 Å². The third-order valence-corrected chi connectivity index (χ3v) is 2.97. The largest absolute Gasteiger partial charge is 0.391 e. The summed E-state index contributed by atoms with van der Waals surface area (Å²) in [7, 11) is 0. The van der Waals surface area contributed by atoms with Crippen LogP contribution in [0.1, 0.15) is 11.3 Å². The van der Waals surface area contributed by atoms with Crippen LogP contribution in [0.4, 0.5) is 0 Å². The monoisotopic (exact) mass is 201 g/mol. The van der Waals surface area contributed by atoms with Gasteiger partial charge in [0, 0.05) is 6.42 Å². The predicted molar refractivity (Wildman–Crippen MR) is 51.1 cm³/mol. The average molecular weight is 202 g/mol. The lowest BCUT2D eigenvalue weighted by molar-refractivity contribution is 0.102. The summed E-state index contributed by atoms with van der Waals surface area (Å²) in [6, 6.07) is 4.06. The van der Waals surface area contributed by atoms with E-state index in [1.807, 2.05) is 17.5 Å². The molecule has 2 nitrogen and oxygen atoms in total. The zero-order valence-electron chi connectivity index (χ0n) is 6.37. The zero-order chi connectivity index (χ0) is 8.39. The Labute approximate surface area is 79.8 Å². The number of thiophene rings is 1. The van der Waals surface area contributed by atoms with Crippen molar-refractivity contribution in [2.45, 2.75) is 12.5 Å². The highest BCUT2D eigenvalue weighted by atomic mass is 35.5. The standard InChI is InChI=1S/C8H8ClNOS/c9-5-6-4-7(10-11-6)8-2-1-3-12-8/h1-3,6H,4-5H2/t6-/m0/s1. The van der Waals surface area contributed by atoms with Crippen LogP contribution < -0.4 is 0 Å². The molecule has 0 saturated heterocycles. The highest BCUT2D eigenvalue weighted by Gasteiger charge is 2.21. The van der Waals surface area contributed by atoms with Crippen LogP contribution in [0, 0.1) is 0 Å². The molecule has 0 aromatic carbocycles. The Morgan fingerprint density at radius 1 is 1.75 bits per heavy atom. The lowest BCUT2D eigenvalue weighted by atomic mass is 10.2. The lowest BCUT2D eigenvalue weighted by Crippen LogP contribution is -2.08. The van der Waals surface area contributed by atoms with Crippen molar-refractivity contribution in [2.75, 3.05) is 5.88 Å². The molecular weight excluding hydrogens is 194 g/mol. The fourth-order valence-corrected chi connectivity index (χ4v) is 1.98. The Morgan fingerprint density at radius 3 is 3.25 bits per heavy atom. The molecule has 0 amide bonds. The first-order chi connectivity index (χ1) is 5.90. The maximum Gasteiger partial charge on any atom is 0.146 e. The minimum atomic E-state index is 0.0729. The van der Waals surface area contributed by atoms with E-state index in [-0.39, 0.29) is 6.10 Å². The summed E-state index contributed by atoms with van der Waals surface area (Å²) in [4.78, 5) is 6.28. The molecule has 2 heterocycles. The molecule has 12 heavy (non-hydrogen) atoms. The second kappa shape index (κ2) is 3.46. The van der Waals surface area contributed by atoms with Gasteiger partial charge < -0.3 is 4.84 Å². The van der Waals surface area contributed by atoms with Crippen LogP contribution in [-0.2, 0) is 4.84 Å². The zero-order valence-corrected chi connectivity index (χ0v) is 7.94. The maximum absolute atomic E-state index is 5.64. The van der Waals surface area contributed by atoms with E-state index in [0.717, 1.165) is 12.1 Å². The van der Waals surface area contributed by atoms with Crippen LogP contribution in [-0.4, -0.2) is 17.7 Å². The van der Waals surface area contributed by atoms with Crippen molar-refractivity contribution in [2.24, 2.45) is 5.16 Å². The Hall–Kier alpha value is -0.540. The molecule has 0 spiro atoms. The van der Waals surface area contributed by atoms with E-state index in [4.69, 9.17) is 16.4 Å². The van der Waals surface area contributed by atoms with Gasteiger partial charge in [-0.05, 0) is 11.4 Å². The van der Waals surface area contributed by atoms with Crippen LogP contribution in [0.5, 0.6) is 0 Å². The van der Waals surface area contributed by atoms with Crippen molar-refractivity contribution >= 4 is 28.6 Å². The van der Waals surface area contributed by atoms with Crippen LogP contribution in [0.2, 0.25) is 0 Å². The number of halogens is 1. The van der Waals surface area contributed by atoms with Crippen LogP contribution in [0.25, 0.3) is 0 Å². The number of hydrogen-bond acceptors (Lipinski definition) is 3. The van der Waals surface area contributed by atoms with Crippen molar-refractivity contribution < 1.29 is 4.84 Å². The molecule has 2 rings (SSSR count). The smallest absolute Gasteiger partial charge is 0.146 e. The van der Waals surface area contributed by atoms with Crippen molar-refractivity contribution in [3.8, 4) is 0 Å². The topological polar surface area (TPSA) is 21.6 Å². The fourth-order valence-electron chi connectivity index (χ4n) is 1.10. The molecule has 4 heteroatoms. The third-order valence-electron chi connectivity index (χ3n) is 1.71. The highest BCUT2D eigenvalue weighted by molar-refractivity contribution is 7.12. The van der Waals surface area contributed by atoms with Gasteiger partial charge in [0.15, 0.2) is 0 Å². The number of hydrogen-bond donors (Lipinski definition) is 0. The Bertz CT molecular complexity index is 283. The third kappa shape index (κ3) is 1.47. The van der Waals surface area contributed by atoms with Gasteiger partial charge in [-0.1, -0.05) is 11.2 Å². The first kappa shape index (κ1) is 8.08. The predicted octanol–water partition coefficient (Wildman–Crippen LogP) is 2.48. The van der Waals surface area contributed by atoms with Crippen molar-refractivity contribution in [3.05, 3.63) is 22.4 Å². The van der Waals surface area contributed by atoms with Crippen molar-refractivity contribution in [1.29, 1.82) is 0 Å². The number of alkyl halides is 1. The fraction of sp³-hybridized carbons (Fsp3) is 0.375. The second-order valence-corrected chi connectivity index (χ2v) is 3.86. The molecule has 1 aliphatic heterocycles. The molecule has 64 valence electrons. The summed E-state index contributed by atoms with van der Waals surface area (Å²) in [6.07, 6.45) is 0.910. The van der Waals surface area contributed by atoms with Crippen LogP contribution >= 0.6 is 22.9 Å². The Balaban J connectivity index is 2.09. The maximum atomic E-state index is 5.64. The summed E-state index contributed by atoms with van der Waals surface area (Å²) < 4.78 is 0. The van der Waals surface area contributed by atoms with Gasteiger partial charge >= 0.3 is 0 Å². The van der Waals surface area contributed by atoms with Gasteiger partial charge in [0.05, 0.1) is 10.8 Å². The Kier molecular flexibility index (Phi) is 2.33. The van der Waals surface area contributed by atoms with Crippen molar-refractivity contribution in [3.63, 3.8) is 0 Å². The van der Waals surface area contributed by atoms with Gasteiger partial charge in [-0.15, -0.1) is 22.9 Å². The summed E-state index contributed by atoms with van der Waals surface area (Å²) in [5.41, 5.74) is 1.02. The molecule has 1 aliphatic rings. The number of rotatable bonds is 2. The molecule has 0 radical (unpaired) electrons. The first-order valence-electron chi connectivity index (χ1n) is 3.72. The molecule has 0 bridgehead atoms. The van der Waals surface area contributed by atoms with E-state index in [1.54, 1.807) is 11.3 Å². The van der Waals surface area contributed by atoms with Gasteiger partial charge in [0.2, 0.25) is 0 Å². The van der Waals surface area contributed by atoms with Gasteiger partial charge in [-0.3, -0.25) is 0 Å². The van der Waals surface area contributed by atoms with E-state index in [9.17, 15) is 0 Å². The van der Waals surface area contributed by atoms with E-state index in [1.165, 1.54) is 4.88 Å². The SMILES string of the molecule is ClC[C@@H]1CC(c2cccs2)=NO1. The van der Waals surface area contributed by atoms with Crippen LogP contribution in [0.3, 0.4) is 0 Å². The number of oxime groups is 1. The second-order valence-electron chi connectivity index (χ2n) is 2.60. The minimum absolute atomic E-state index is 0.0729. The molecule has 0 aliphatic carbocycles. The summed E-state index contributed by atoms with van der Waals surface area (Å²) in [6.45, 7) is 0. The molecule has 1 aromatic rings. The number of nitrogens with zero attached hydrogens (tertiary/aromatic N) is 1. The Morgan fingerprint density at radius 2 is 2.67 bits per heavy atom. The minimum Gasteiger partial charge on any atom is -0.391 e. The molecule has 0 saturated carbocycles. The summed E-state index contributed by atoms with van der Waals surface area (Å²) >= 11 is 7.32. The quantitative estimate of drug-likeness (QED) is 0.674. The molecule has 1 aromatic heterocycles.